The molecule has 0 atom stereocenters. The van der Waals surface area contributed by atoms with Gasteiger partial charge in [-0.2, -0.15) is 0 Å². The quantitative estimate of drug-likeness (QED) is 0.532. The molecule has 0 saturated heterocycles. The minimum Gasteiger partial charge on any atom is -0.498 e. The van der Waals surface area contributed by atoms with E-state index in [0.717, 1.165) is 16.7 Å². The molecule has 7 heteroatoms. The lowest BCUT2D eigenvalue weighted by Crippen LogP contribution is -2.31. The van der Waals surface area contributed by atoms with Crippen molar-refractivity contribution < 1.29 is 19.1 Å². The van der Waals surface area contributed by atoms with Crippen LogP contribution in [-0.4, -0.2) is 38.3 Å². The van der Waals surface area contributed by atoms with Gasteiger partial charge in [-0.25, -0.2) is 0 Å². The molecule has 2 amide bonds. The van der Waals surface area contributed by atoms with E-state index >= 15 is 0 Å². The molecule has 0 spiro atoms. The fraction of sp³-hybridized carbons (Fsp3) is 0.360. The second-order valence-corrected chi connectivity index (χ2v) is 8.32. The Morgan fingerprint density at radius 1 is 1.03 bits per heavy atom. The minimum atomic E-state index is -0.796. The van der Waals surface area contributed by atoms with Crippen LogP contribution in [0.4, 0.5) is 0 Å². The second-order valence-electron chi connectivity index (χ2n) is 8.32. The number of nitrogens with one attached hydrogen (secondary N) is 2. The standard InChI is InChI=1S/C25H31BN2O4/c1-17-9-10-21(13-18(17)2)31-16-24(30)28-19(3)11-12-27-23(29)15-20-7-6-8-22(14-20)32-25(4,5)26/h6-10,13-14H,3,11-12,15-16H2,1-2,4-5H3,(H,27,29)(H,28,30). The summed E-state index contributed by atoms with van der Waals surface area (Å²) >= 11 is 0. The Morgan fingerprint density at radius 3 is 2.47 bits per heavy atom. The Kier molecular flexibility index (Phi) is 8.94. The van der Waals surface area contributed by atoms with E-state index < -0.39 is 5.50 Å². The first-order chi connectivity index (χ1) is 15.0. The lowest BCUT2D eigenvalue weighted by molar-refractivity contribution is -0.122. The molecular formula is C25H31BN2O4. The largest absolute Gasteiger partial charge is 0.498 e. The SMILES string of the molecule is [B]C(C)(C)Oc1cccc(CC(=O)NCCC(=C)NC(=O)COc2ccc(C)c(C)c2)c1. The highest BCUT2D eigenvalue weighted by atomic mass is 16.5. The average molecular weight is 434 g/mol. The molecule has 0 aromatic heterocycles. The molecule has 168 valence electrons. The topological polar surface area (TPSA) is 76.7 Å². The van der Waals surface area contributed by atoms with Crippen LogP contribution in [0.2, 0.25) is 0 Å². The summed E-state index contributed by atoms with van der Waals surface area (Å²) in [4.78, 5) is 24.3. The molecule has 2 rings (SSSR count). The van der Waals surface area contributed by atoms with E-state index in [1.165, 1.54) is 0 Å². The van der Waals surface area contributed by atoms with Gasteiger partial charge >= 0.3 is 0 Å². The van der Waals surface area contributed by atoms with Crippen LogP contribution in [0.1, 0.15) is 37.0 Å². The molecule has 0 aliphatic rings. The molecule has 2 radical (unpaired) electrons. The molecule has 32 heavy (non-hydrogen) atoms. The Bertz CT molecular complexity index is 967. The fourth-order valence-corrected chi connectivity index (χ4v) is 2.87. The monoisotopic (exact) mass is 434 g/mol. The number of amides is 2. The molecule has 0 saturated carbocycles. The number of carbonyl (C=O) groups excluding carboxylic acids is 2. The van der Waals surface area contributed by atoms with E-state index in [1.54, 1.807) is 26.0 Å². The van der Waals surface area contributed by atoms with E-state index in [0.29, 0.717) is 30.2 Å². The molecule has 0 unspecified atom stereocenters. The lowest BCUT2D eigenvalue weighted by atomic mass is 9.86. The number of hydrogen-bond acceptors (Lipinski definition) is 4. The van der Waals surface area contributed by atoms with Crippen molar-refractivity contribution in [2.75, 3.05) is 13.2 Å². The van der Waals surface area contributed by atoms with Crippen molar-refractivity contribution in [3.8, 4) is 11.5 Å². The molecule has 0 bridgehead atoms. The Balaban J connectivity index is 1.68. The van der Waals surface area contributed by atoms with E-state index in [4.69, 9.17) is 17.3 Å². The van der Waals surface area contributed by atoms with Crippen molar-refractivity contribution in [1.82, 2.24) is 10.6 Å². The van der Waals surface area contributed by atoms with Gasteiger partial charge in [0, 0.05) is 18.7 Å². The van der Waals surface area contributed by atoms with Gasteiger partial charge in [0.15, 0.2) is 6.61 Å². The first-order valence-corrected chi connectivity index (χ1v) is 10.5. The van der Waals surface area contributed by atoms with E-state index in [9.17, 15) is 9.59 Å². The summed E-state index contributed by atoms with van der Waals surface area (Å²) in [5, 5.41) is 5.52. The van der Waals surface area contributed by atoms with Crippen molar-refractivity contribution >= 4 is 19.7 Å². The van der Waals surface area contributed by atoms with Crippen LogP contribution in [0.15, 0.2) is 54.7 Å². The van der Waals surface area contributed by atoms with E-state index in [-0.39, 0.29) is 24.8 Å². The third-order valence-corrected chi connectivity index (χ3v) is 4.56. The maximum absolute atomic E-state index is 12.2. The highest BCUT2D eigenvalue weighted by Gasteiger charge is 2.12. The normalized spacial score (nSPS) is 10.9. The molecule has 0 heterocycles. The summed E-state index contributed by atoms with van der Waals surface area (Å²) in [5.41, 5.74) is 2.80. The molecule has 6 nitrogen and oxygen atoms in total. The smallest absolute Gasteiger partial charge is 0.262 e. The molecule has 2 aromatic rings. The van der Waals surface area contributed by atoms with Crippen molar-refractivity contribution in [1.29, 1.82) is 0 Å². The van der Waals surface area contributed by atoms with Crippen molar-refractivity contribution in [2.45, 2.75) is 46.0 Å². The zero-order valence-corrected chi connectivity index (χ0v) is 19.3. The fourth-order valence-electron chi connectivity index (χ4n) is 2.87. The molecule has 0 aliphatic carbocycles. The second kappa shape index (κ2) is 11.4. The van der Waals surface area contributed by atoms with Gasteiger partial charge in [-0.1, -0.05) is 24.8 Å². The molecule has 0 aliphatic heterocycles. The number of carbonyl (C=O) groups is 2. The zero-order valence-electron chi connectivity index (χ0n) is 19.3. The maximum Gasteiger partial charge on any atom is 0.262 e. The third-order valence-electron chi connectivity index (χ3n) is 4.56. The highest BCUT2D eigenvalue weighted by Crippen LogP contribution is 2.18. The Labute approximate surface area is 191 Å². The predicted octanol–water partition coefficient (Wildman–Crippen LogP) is 3.34. The van der Waals surface area contributed by atoms with E-state index in [1.807, 2.05) is 44.2 Å². The van der Waals surface area contributed by atoms with Gasteiger partial charge < -0.3 is 20.1 Å². The molecule has 0 fully saturated rings. The Morgan fingerprint density at radius 2 is 1.78 bits per heavy atom. The molecule has 2 aromatic carbocycles. The third kappa shape index (κ3) is 9.29. The van der Waals surface area contributed by atoms with Gasteiger partial charge in [-0.3, -0.25) is 9.59 Å². The van der Waals surface area contributed by atoms with Crippen LogP contribution in [-0.2, 0) is 16.0 Å². The number of hydrogen-bond donors (Lipinski definition) is 2. The van der Waals surface area contributed by atoms with Gasteiger partial charge in [0.05, 0.1) is 11.9 Å². The zero-order chi connectivity index (χ0) is 23.7. The summed E-state index contributed by atoms with van der Waals surface area (Å²) in [6.45, 7) is 11.6. The summed E-state index contributed by atoms with van der Waals surface area (Å²) in [6.07, 6.45) is 0.635. The highest BCUT2D eigenvalue weighted by molar-refractivity contribution is 6.14. The predicted molar refractivity (Wildman–Crippen MR) is 127 cm³/mol. The van der Waals surface area contributed by atoms with Crippen LogP contribution in [0.5, 0.6) is 11.5 Å². The van der Waals surface area contributed by atoms with Crippen LogP contribution < -0.4 is 20.1 Å². The first-order valence-electron chi connectivity index (χ1n) is 10.5. The van der Waals surface area contributed by atoms with E-state index in [2.05, 4.69) is 17.2 Å². The maximum atomic E-state index is 12.2. The molecule has 2 N–H and O–H groups in total. The summed E-state index contributed by atoms with van der Waals surface area (Å²) in [6, 6.07) is 12.9. The van der Waals surface area contributed by atoms with Crippen LogP contribution in [0, 0.1) is 13.8 Å². The number of rotatable bonds is 11. The number of benzene rings is 2. The average Bonchev–Trinajstić information content (AvgIpc) is 2.68. The minimum absolute atomic E-state index is 0.105. The van der Waals surface area contributed by atoms with Crippen LogP contribution in [0.25, 0.3) is 0 Å². The lowest BCUT2D eigenvalue weighted by Gasteiger charge is -2.22. The van der Waals surface area contributed by atoms with Gasteiger partial charge in [-0.15, -0.1) is 0 Å². The van der Waals surface area contributed by atoms with Crippen LogP contribution >= 0.6 is 0 Å². The van der Waals surface area contributed by atoms with Crippen molar-refractivity contribution in [3.63, 3.8) is 0 Å². The Hall–Kier alpha value is -3.22. The summed E-state index contributed by atoms with van der Waals surface area (Å²) < 4.78 is 11.1. The van der Waals surface area contributed by atoms with Crippen molar-refractivity contribution in [3.05, 3.63) is 71.4 Å². The van der Waals surface area contributed by atoms with Gasteiger partial charge in [0.25, 0.3) is 5.91 Å². The first kappa shape index (κ1) is 25.0. The molecular weight excluding hydrogens is 403 g/mol. The van der Waals surface area contributed by atoms with Crippen LogP contribution in [0.3, 0.4) is 0 Å². The summed E-state index contributed by atoms with van der Waals surface area (Å²) in [7, 11) is 5.86. The van der Waals surface area contributed by atoms with Gasteiger partial charge in [0.1, 0.15) is 19.3 Å². The van der Waals surface area contributed by atoms with Gasteiger partial charge in [-0.05, 0) is 68.7 Å². The number of aryl methyl sites for hydroxylation is 2. The van der Waals surface area contributed by atoms with Gasteiger partial charge in [0.2, 0.25) is 5.91 Å². The summed E-state index contributed by atoms with van der Waals surface area (Å²) in [5.74, 6) is 0.832. The van der Waals surface area contributed by atoms with Crippen molar-refractivity contribution in [2.24, 2.45) is 0 Å². The number of ether oxygens (including phenoxy) is 2.